The SMILES string of the molecule is O=C(CNc1ccc(Cl)c(C(F)(F)F)c1)c1ccc(-c2noc(C(F)(F)F)n2)cc1. The molecule has 0 atom stereocenters. The molecule has 1 N–H and O–H groups in total. The molecule has 0 radical (unpaired) electrons. The normalized spacial score (nSPS) is 12.1. The summed E-state index contributed by atoms with van der Waals surface area (Å²) in [5.41, 5.74) is -0.630. The van der Waals surface area contributed by atoms with Gasteiger partial charge in [0.15, 0.2) is 5.78 Å². The number of carbonyl (C=O) groups is 1. The maximum absolute atomic E-state index is 12.9. The van der Waals surface area contributed by atoms with Crippen molar-refractivity contribution in [1.82, 2.24) is 10.1 Å². The van der Waals surface area contributed by atoms with Crippen molar-refractivity contribution in [3.63, 3.8) is 0 Å². The number of hydrogen-bond donors (Lipinski definition) is 1. The Labute approximate surface area is 169 Å². The highest BCUT2D eigenvalue weighted by atomic mass is 35.5. The van der Waals surface area contributed by atoms with Crippen molar-refractivity contribution in [2.24, 2.45) is 0 Å². The summed E-state index contributed by atoms with van der Waals surface area (Å²) in [6, 6.07) is 8.43. The first-order chi connectivity index (χ1) is 13.9. The Bertz CT molecular complexity index is 1060. The highest BCUT2D eigenvalue weighted by molar-refractivity contribution is 6.31. The molecule has 0 unspecified atom stereocenters. The number of rotatable bonds is 5. The number of halogens is 7. The van der Waals surface area contributed by atoms with Gasteiger partial charge in [0.1, 0.15) is 0 Å². The molecule has 12 heteroatoms. The molecule has 0 aliphatic carbocycles. The smallest absolute Gasteiger partial charge is 0.378 e. The first kappa shape index (κ1) is 21.6. The highest BCUT2D eigenvalue weighted by Crippen LogP contribution is 2.36. The van der Waals surface area contributed by atoms with Crippen LogP contribution in [-0.2, 0) is 12.4 Å². The largest absolute Gasteiger partial charge is 0.471 e. The van der Waals surface area contributed by atoms with E-state index < -0.39 is 34.6 Å². The molecule has 1 heterocycles. The van der Waals surface area contributed by atoms with Crippen LogP contribution < -0.4 is 5.32 Å². The van der Waals surface area contributed by atoms with Gasteiger partial charge in [0.2, 0.25) is 5.82 Å². The molecule has 0 aliphatic rings. The van der Waals surface area contributed by atoms with Crippen LogP contribution in [0.2, 0.25) is 5.02 Å². The van der Waals surface area contributed by atoms with Crippen LogP contribution in [0, 0.1) is 0 Å². The molecule has 0 aliphatic heterocycles. The average molecular weight is 450 g/mol. The fourth-order valence-corrected chi connectivity index (χ4v) is 2.62. The summed E-state index contributed by atoms with van der Waals surface area (Å²) in [4.78, 5) is 15.5. The van der Waals surface area contributed by atoms with E-state index in [1.165, 1.54) is 30.3 Å². The van der Waals surface area contributed by atoms with E-state index in [1.807, 2.05) is 0 Å². The number of nitrogens with one attached hydrogen (secondary N) is 1. The zero-order valence-electron chi connectivity index (χ0n) is 14.6. The Morgan fingerprint density at radius 3 is 2.23 bits per heavy atom. The van der Waals surface area contributed by atoms with Crippen molar-refractivity contribution < 1.29 is 35.7 Å². The van der Waals surface area contributed by atoms with Crippen LogP contribution in [0.3, 0.4) is 0 Å². The molecule has 158 valence electrons. The van der Waals surface area contributed by atoms with Crippen molar-refractivity contribution in [1.29, 1.82) is 0 Å². The van der Waals surface area contributed by atoms with Crippen molar-refractivity contribution in [2.45, 2.75) is 12.4 Å². The highest BCUT2D eigenvalue weighted by Gasteiger charge is 2.38. The number of anilines is 1. The van der Waals surface area contributed by atoms with Crippen LogP contribution in [0.15, 0.2) is 47.0 Å². The standard InChI is InChI=1S/C18H10ClF6N3O2/c19-13-6-5-11(7-12(13)17(20,21)22)26-8-14(29)9-1-3-10(4-2-9)15-27-16(30-28-15)18(23,24)25/h1-7,26H,8H2. The van der Waals surface area contributed by atoms with E-state index in [-0.39, 0.29) is 29.2 Å². The molecule has 1 aromatic heterocycles. The summed E-state index contributed by atoms with van der Waals surface area (Å²) in [7, 11) is 0. The number of hydrogen-bond acceptors (Lipinski definition) is 5. The van der Waals surface area contributed by atoms with Gasteiger partial charge in [-0.15, -0.1) is 0 Å². The van der Waals surface area contributed by atoms with E-state index in [1.54, 1.807) is 0 Å². The molecule has 2 aromatic carbocycles. The molecule has 0 amide bonds. The quantitative estimate of drug-likeness (QED) is 0.398. The number of alkyl halides is 6. The van der Waals surface area contributed by atoms with E-state index >= 15 is 0 Å². The molecule has 3 aromatic rings. The Morgan fingerprint density at radius 1 is 1.00 bits per heavy atom. The fraction of sp³-hybridized carbons (Fsp3) is 0.167. The van der Waals surface area contributed by atoms with Gasteiger partial charge in [-0.05, 0) is 18.2 Å². The molecule has 5 nitrogen and oxygen atoms in total. The Kier molecular flexibility index (Phi) is 5.75. The molecule has 0 spiro atoms. The van der Waals surface area contributed by atoms with Crippen LogP contribution in [0.5, 0.6) is 0 Å². The lowest BCUT2D eigenvalue weighted by molar-refractivity contribution is -0.159. The lowest BCUT2D eigenvalue weighted by Gasteiger charge is -2.12. The second kappa shape index (κ2) is 7.98. The van der Waals surface area contributed by atoms with E-state index in [4.69, 9.17) is 11.6 Å². The van der Waals surface area contributed by atoms with E-state index in [0.29, 0.717) is 0 Å². The molecule has 0 saturated carbocycles. The van der Waals surface area contributed by atoms with E-state index in [2.05, 4.69) is 20.0 Å². The maximum Gasteiger partial charge on any atom is 0.471 e. The number of Topliss-reactive ketones (excluding diaryl/α,β-unsaturated/α-hetero) is 1. The third-order valence-electron chi connectivity index (χ3n) is 3.86. The summed E-state index contributed by atoms with van der Waals surface area (Å²) in [6.07, 6.45) is -9.42. The molecule has 30 heavy (non-hydrogen) atoms. The minimum absolute atomic E-state index is 0.0446. The second-order valence-electron chi connectivity index (χ2n) is 5.97. The number of benzene rings is 2. The predicted octanol–water partition coefficient (Wildman–Crippen LogP) is 5.72. The Balaban J connectivity index is 1.68. The fourth-order valence-electron chi connectivity index (χ4n) is 2.40. The number of ketones is 1. The van der Waals surface area contributed by atoms with Gasteiger partial charge in [-0.2, -0.15) is 31.3 Å². The van der Waals surface area contributed by atoms with Gasteiger partial charge in [0, 0.05) is 16.8 Å². The number of aromatic nitrogens is 2. The van der Waals surface area contributed by atoms with Gasteiger partial charge < -0.3 is 9.84 Å². The third-order valence-corrected chi connectivity index (χ3v) is 4.19. The lowest BCUT2D eigenvalue weighted by Crippen LogP contribution is -2.15. The van der Waals surface area contributed by atoms with Gasteiger partial charge in [0.05, 0.1) is 17.1 Å². The topological polar surface area (TPSA) is 68.0 Å². The first-order valence-electron chi connectivity index (χ1n) is 8.10. The van der Waals surface area contributed by atoms with Crippen LogP contribution in [-0.4, -0.2) is 22.5 Å². The van der Waals surface area contributed by atoms with Crippen molar-refractivity contribution in [3.8, 4) is 11.4 Å². The van der Waals surface area contributed by atoms with E-state index in [0.717, 1.165) is 12.1 Å². The van der Waals surface area contributed by atoms with Gasteiger partial charge in [-0.3, -0.25) is 4.79 Å². The van der Waals surface area contributed by atoms with Crippen LogP contribution in [0.25, 0.3) is 11.4 Å². The maximum atomic E-state index is 12.9. The van der Waals surface area contributed by atoms with E-state index in [9.17, 15) is 31.1 Å². The number of carbonyl (C=O) groups excluding carboxylic acids is 1. The zero-order valence-corrected chi connectivity index (χ0v) is 15.4. The first-order valence-corrected chi connectivity index (χ1v) is 8.48. The molecular weight excluding hydrogens is 440 g/mol. The van der Waals surface area contributed by atoms with Gasteiger partial charge >= 0.3 is 18.2 Å². The minimum Gasteiger partial charge on any atom is -0.378 e. The summed E-state index contributed by atoms with van der Waals surface area (Å²) in [5.74, 6) is -2.27. The van der Waals surface area contributed by atoms with Crippen molar-refractivity contribution in [2.75, 3.05) is 11.9 Å². The van der Waals surface area contributed by atoms with Crippen molar-refractivity contribution in [3.05, 3.63) is 64.5 Å². The average Bonchev–Trinajstić information content (AvgIpc) is 3.17. The summed E-state index contributed by atoms with van der Waals surface area (Å²) < 4.78 is 80.3. The zero-order chi connectivity index (χ0) is 22.1. The molecule has 0 saturated heterocycles. The monoisotopic (exact) mass is 449 g/mol. The Morgan fingerprint density at radius 2 is 1.67 bits per heavy atom. The molecule has 0 fully saturated rings. The Hall–Kier alpha value is -3.08. The molecular formula is C18H10ClF6N3O2. The number of nitrogens with zero attached hydrogens (tertiary/aromatic N) is 2. The molecule has 3 rings (SSSR count). The van der Waals surface area contributed by atoms with Gasteiger partial charge in [-0.1, -0.05) is 41.0 Å². The van der Waals surface area contributed by atoms with Crippen molar-refractivity contribution >= 4 is 23.1 Å². The summed E-state index contributed by atoms with van der Waals surface area (Å²) in [6.45, 7) is -0.321. The lowest BCUT2D eigenvalue weighted by atomic mass is 10.1. The summed E-state index contributed by atoms with van der Waals surface area (Å²) in [5, 5.41) is 5.34. The predicted molar refractivity (Wildman–Crippen MR) is 94.0 cm³/mol. The van der Waals surface area contributed by atoms with Crippen LogP contribution >= 0.6 is 11.6 Å². The van der Waals surface area contributed by atoms with Gasteiger partial charge in [-0.25, -0.2) is 0 Å². The second-order valence-corrected chi connectivity index (χ2v) is 6.37. The summed E-state index contributed by atoms with van der Waals surface area (Å²) >= 11 is 5.54. The van der Waals surface area contributed by atoms with Crippen LogP contribution in [0.1, 0.15) is 21.8 Å². The van der Waals surface area contributed by atoms with Crippen LogP contribution in [0.4, 0.5) is 32.0 Å². The third kappa shape index (κ3) is 4.90. The molecule has 0 bridgehead atoms. The minimum atomic E-state index is -4.78. The van der Waals surface area contributed by atoms with Gasteiger partial charge in [0.25, 0.3) is 0 Å².